The van der Waals surface area contributed by atoms with Gasteiger partial charge in [-0.1, -0.05) is 6.07 Å². The number of nitrogens with two attached hydrogens (primary N) is 3. The molecule has 54 heavy (non-hydrogen) atoms. The van der Waals surface area contributed by atoms with Crippen molar-refractivity contribution in [3.63, 3.8) is 0 Å². The summed E-state index contributed by atoms with van der Waals surface area (Å²) in [5, 5.41) is 15.9. The number of hydrazine groups is 1. The van der Waals surface area contributed by atoms with Crippen LogP contribution in [-0.4, -0.2) is 160 Å². The second-order valence-electron chi connectivity index (χ2n) is 11.9. The van der Waals surface area contributed by atoms with Crippen LogP contribution in [0.5, 0.6) is 0 Å². The van der Waals surface area contributed by atoms with Gasteiger partial charge in [0.25, 0.3) is 0 Å². The molecule has 0 fully saturated rings. The van der Waals surface area contributed by atoms with Crippen molar-refractivity contribution in [2.24, 2.45) is 17.3 Å². The molecule has 0 saturated carbocycles. The van der Waals surface area contributed by atoms with Crippen molar-refractivity contribution in [2.45, 2.75) is 38.8 Å². The Bertz CT molecular complexity index is 1120. The van der Waals surface area contributed by atoms with Gasteiger partial charge in [-0.05, 0) is 56.6 Å². The summed E-state index contributed by atoms with van der Waals surface area (Å²) in [5.41, 5.74) is 14.8. The average molecular weight is 775 g/mol. The number of aliphatic carboxylic acids is 1. The minimum absolute atomic E-state index is 0.0108. The summed E-state index contributed by atoms with van der Waals surface area (Å²) in [6.07, 6.45) is 3.03. The molecule has 0 aliphatic heterocycles. The van der Waals surface area contributed by atoms with Crippen molar-refractivity contribution in [2.75, 3.05) is 138 Å². The number of nitrogens with one attached hydrogen (secondary N) is 2. The lowest BCUT2D eigenvalue weighted by atomic mass is 10.1. The number of nitrogens with zero attached hydrogens (tertiary/aromatic N) is 1. The van der Waals surface area contributed by atoms with Gasteiger partial charge in [0.1, 0.15) is 0 Å². The molecule has 1 amide bonds. The van der Waals surface area contributed by atoms with Crippen molar-refractivity contribution in [3.8, 4) is 0 Å². The van der Waals surface area contributed by atoms with Crippen LogP contribution in [-0.2, 0) is 58.8 Å². The minimum atomic E-state index is -0.881. The van der Waals surface area contributed by atoms with Gasteiger partial charge in [0.05, 0.1) is 144 Å². The predicted molar refractivity (Wildman–Crippen MR) is 203 cm³/mol. The first kappa shape index (κ1) is 49.0. The highest BCUT2D eigenvalue weighted by atomic mass is 16.6. The number of carboxylic acids is 1. The number of hydrogen-bond acceptors (Lipinski definition) is 16. The van der Waals surface area contributed by atoms with Gasteiger partial charge in [-0.15, -0.1) is 0 Å². The number of hydrogen-bond donors (Lipinski definition) is 6. The number of anilines is 1. The van der Waals surface area contributed by atoms with E-state index in [1.807, 2.05) is 25.1 Å². The Morgan fingerprint density at radius 3 is 1.72 bits per heavy atom. The number of amides is 1. The van der Waals surface area contributed by atoms with E-state index in [1.165, 1.54) is 5.01 Å². The van der Waals surface area contributed by atoms with Crippen molar-refractivity contribution >= 4 is 17.6 Å². The Labute approximate surface area is 320 Å². The van der Waals surface area contributed by atoms with E-state index in [0.717, 1.165) is 17.5 Å². The van der Waals surface area contributed by atoms with Gasteiger partial charge in [0.15, 0.2) is 0 Å². The van der Waals surface area contributed by atoms with E-state index >= 15 is 0 Å². The second kappa shape index (κ2) is 34.5. The lowest BCUT2D eigenvalue weighted by molar-refractivity contribution is -0.138. The van der Waals surface area contributed by atoms with E-state index in [-0.39, 0.29) is 31.6 Å². The monoisotopic (exact) mass is 774 g/mol. The van der Waals surface area contributed by atoms with E-state index < -0.39 is 5.97 Å². The van der Waals surface area contributed by atoms with Gasteiger partial charge in [0, 0.05) is 11.9 Å². The van der Waals surface area contributed by atoms with Crippen molar-refractivity contribution in [1.82, 2.24) is 10.3 Å². The molecule has 0 radical (unpaired) electrons. The SMILES string of the molecule is CNC(CCCN)C(=O)Nc1ccc(C)c(COC/C(N)=C/N(N)CCOCCOCCOCCOCCOCCOCCOCCOCCC(=O)O)c1. The molecule has 1 unspecified atom stereocenters. The molecule has 0 aromatic heterocycles. The number of carbonyl (C=O) groups is 2. The van der Waals surface area contributed by atoms with Gasteiger partial charge >= 0.3 is 5.97 Å². The molecule has 1 aromatic carbocycles. The zero-order chi connectivity index (χ0) is 39.5. The van der Waals surface area contributed by atoms with E-state index in [9.17, 15) is 9.59 Å². The van der Waals surface area contributed by atoms with E-state index in [0.29, 0.717) is 137 Å². The predicted octanol–water partition coefficient (Wildman–Crippen LogP) is 0.360. The van der Waals surface area contributed by atoms with Gasteiger partial charge in [-0.2, -0.15) is 0 Å². The molecular formula is C36H66N6O12. The van der Waals surface area contributed by atoms with Gasteiger partial charge < -0.3 is 74.8 Å². The Morgan fingerprint density at radius 2 is 1.26 bits per heavy atom. The maximum Gasteiger partial charge on any atom is 0.305 e. The largest absolute Gasteiger partial charge is 0.481 e. The molecule has 312 valence electrons. The Kier molecular flexibility index (Phi) is 31.3. The van der Waals surface area contributed by atoms with E-state index in [4.69, 9.17) is 65.0 Å². The molecule has 0 heterocycles. The maximum absolute atomic E-state index is 12.6. The van der Waals surface area contributed by atoms with Crippen LogP contribution in [0.4, 0.5) is 5.69 Å². The topological polar surface area (TPSA) is 243 Å². The first-order chi connectivity index (χ1) is 26.3. The van der Waals surface area contributed by atoms with Crippen LogP contribution in [0.3, 0.4) is 0 Å². The zero-order valence-electron chi connectivity index (χ0n) is 32.3. The number of aryl methyl sites for hydroxylation is 1. The molecule has 0 saturated heterocycles. The third kappa shape index (κ3) is 28.5. The number of likely N-dealkylation sites (N-methyl/N-ethyl adjacent to an activating group) is 1. The highest BCUT2D eigenvalue weighted by molar-refractivity contribution is 5.94. The summed E-state index contributed by atoms with van der Waals surface area (Å²) >= 11 is 0. The molecule has 1 rings (SSSR count). The smallest absolute Gasteiger partial charge is 0.305 e. The normalized spacial score (nSPS) is 12.3. The van der Waals surface area contributed by atoms with Crippen LogP contribution in [0.25, 0.3) is 0 Å². The van der Waals surface area contributed by atoms with E-state index in [1.54, 1.807) is 13.2 Å². The molecule has 18 heteroatoms. The van der Waals surface area contributed by atoms with Crippen molar-refractivity contribution < 1.29 is 57.3 Å². The number of carboxylic acid groups (broad SMARTS) is 1. The van der Waals surface area contributed by atoms with Crippen LogP contribution in [0.2, 0.25) is 0 Å². The highest BCUT2D eigenvalue weighted by Gasteiger charge is 2.16. The van der Waals surface area contributed by atoms with Crippen LogP contribution in [0.1, 0.15) is 30.4 Å². The quantitative estimate of drug-likeness (QED) is 0.0302. The first-order valence-electron chi connectivity index (χ1n) is 18.4. The fraction of sp³-hybridized carbons (Fsp3) is 0.722. The summed E-state index contributed by atoms with van der Waals surface area (Å²) in [7, 11) is 1.76. The summed E-state index contributed by atoms with van der Waals surface area (Å²) < 4.78 is 49.1. The van der Waals surface area contributed by atoms with Crippen molar-refractivity contribution in [1.29, 1.82) is 0 Å². The molecule has 1 atom stereocenters. The fourth-order valence-electron chi connectivity index (χ4n) is 4.43. The molecule has 0 spiro atoms. The van der Waals surface area contributed by atoms with E-state index in [2.05, 4.69) is 10.6 Å². The highest BCUT2D eigenvalue weighted by Crippen LogP contribution is 2.17. The number of rotatable bonds is 38. The third-order valence-electron chi connectivity index (χ3n) is 7.39. The minimum Gasteiger partial charge on any atom is -0.481 e. The second-order valence-corrected chi connectivity index (χ2v) is 11.9. The molecule has 1 aromatic rings. The van der Waals surface area contributed by atoms with Gasteiger partial charge in [0.2, 0.25) is 5.91 Å². The lowest BCUT2D eigenvalue weighted by Gasteiger charge is -2.17. The number of ether oxygens (including phenoxy) is 9. The molecule has 0 bridgehead atoms. The standard InChI is InChI=1S/C36H66N6O12/c1-30-5-6-33(41-36(45)34(40-2)4-3-8-37)26-31(30)28-54-29-32(38)27-42(39)9-11-47-13-15-49-17-19-51-21-23-53-25-24-52-22-20-50-18-16-48-14-12-46-10-7-35(43)44/h5-6,26-27,34,40H,3-4,7-25,28-29,37-39H2,1-2H3,(H,41,45)(H,43,44)/b32-27-. The molecule has 9 N–H and O–H groups in total. The summed E-state index contributed by atoms with van der Waals surface area (Å²) in [6, 6.07) is 5.40. The molecule has 0 aliphatic rings. The van der Waals surface area contributed by atoms with Crippen LogP contribution in [0.15, 0.2) is 30.1 Å². The summed E-state index contributed by atoms with van der Waals surface area (Å²) in [6.45, 7) is 10.2. The van der Waals surface area contributed by atoms with Crippen LogP contribution in [0, 0.1) is 6.92 Å². The van der Waals surface area contributed by atoms with Gasteiger partial charge in [-0.3, -0.25) is 9.59 Å². The Hall–Kier alpha value is -2.98. The Morgan fingerprint density at radius 1 is 0.778 bits per heavy atom. The molecule has 18 nitrogen and oxygen atoms in total. The molecule has 0 aliphatic carbocycles. The van der Waals surface area contributed by atoms with Crippen LogP contribution < -0.4 is 27.9 Å². The third-order valence-corrected chi connectivity index (χ3v) is 7.39. The summed E-state index contributed by atoms with van der Waals surface area (Å²) in [4.78, 5) is 23.0. The first-order valence-corrected chi connectivity index (χ1v) is 18.4. The Balaban J connectivity index is 1.94. The van der Waals surface area contributed by atoms with Gasteiger partial charge in [-0.25, -0.2) is 5.84 Å². The van der Waals surface area contributed by atoms with Crippen LogP contribution >= 0.6 is 0 Å². The zero-order valence-corrected chi connectivity index (χ0v) is 32.3. The molecular weight excluding hydrogens is 708 g/mol. The lowest BCUT2D eigenvalue weighted by Crippen LogP contribution is -2.38. The number of carbonyl (C=O) groups excluding carboxylic acids is 1. The van der Waals surface area contributed by atoms with Crippen molar-refractivity contribution in [3.05, 3.63) is 41.2 Å². The average Bonchev–Trinajstić information content (AvgIpc) is 3.14. The fourth-order valence-corrected chi connectivity index (χ4v) is 4.43. The summed E-state index contributed by atoms with van der Waals surface area (Å²) in [5.74, 6) is 5.04. The number of benzene rings is 1. The maximum atomic E-state index is 12.6.